The average molecular weight is 297 g/mol. The number of carbonyl (C=O) groups is 2. The number of aromatic nitrogens is 2. The van der Waals surface area contributed by atoms with Crippen LogP contribution in [0, 0.1) is 6.92 Å². The molecular formula is C12H15N3O4S. The van der Waals surface area contributed by atoms with Crippen LogP contribution in [0.25, 0.3) is 10.2 Å². The number of nitrogens with one attached hydrogen (secondary N) is 1. The van der Waals surface area contributed by atoms with Gasteiger partial charge in [0.1, 0.15) is 4.83 Å². The Bertz CT molecular complexity index is 626. The average Bonchev–Trinajstić information content (AvgIpc) is 2.92. The molecule has 0 bridgehead atoms. The van der Waals surface area contributed by atoms with E-state index in [0.29, 0.717) is 4.88 Å². The van der Waals surface area contributed by atoms with Gasteiger partial charge in [-0.1, -0.05) is 0 Å². The van der Waals surface area contributed by atoms with Crippen LogP contribution in [0.5, 0.6) is 0 Å². The first-order valence-electron chi connectivity index (χ1n) is 6.02. The number of carboxylic acid groups (broad SMARTS) is 1. The smallest absolute Gasteiger partial charge is 0.332 e. The standard InChI is InChI=1S/C12H15N3O4S/c1-6-7-5-9(20-11(7)15(2)14-6)10(17)13-4-3-8(16)12(18)19/h5,8,16H,3-4H2,1-2H3,(H,13,17)(H,18,19). The summed E-state index contributed by atoms with van der Waals surface area (Å²) >= 11 is 1.33. The molecule has 2 aromatic heterocycles. The minimum atomic E-state index is -1.45. The Kier molecular flexibility index (Phi) is 4.05. The van der Waals surface area contributed by atoms with Crippen LogP contribution in [0.4, 0.5) is 0 Å². The molecule has 0 fully saturated rings. The van der Waals surface area contributed by atoms with E-state index >= 15 is 0 Å². The molecule has 0 saturated carbocycles. The molecule has 108 valence electrons. The Morgan fingerprint density at radius 2 is 2.25 bits per heavy atom. The van der Waals surface area contributed by atoms with Crippen LogP contribution in [0.3, 0.4) is 0 Å². The topological polar surface area (TPSA) is 104 Å². The molecule has 0 spiro atoms. The molecule has 0 aliphatic heterocycles. The van der Waals surface area contributed by atoms with Crippen molar-refractivity contribution in [2.24, 2.45) is 7.05 Å². The third-order valence-corrected chi connectivity index (χ3v) is 4.11. The SMILES string of the molecule is Cc1nn(C)c2sc(C(=O)NCCC(O)C(=O)O)cc12. The van der Waals surface area contributed by atoms with E-state index < -0.39 is 12.1 Å². The summed E-state index contributed by atoms with van der Waals surface area (Å²) in [6, 6.07) is 1.77. The maximum absolute atomic E-state index is 11.9. The summed E-state index contributed by atoms with van der Waals surface area (Å²) in [5.74, 6) is -1.56. The summed E-state index contributed by atoms with van der Waals surface area (Å²) < 4.78 is 1.72. The lowest BCUT2D eigenvalue weighted by atomic mass is 10.2. The van der Waals surface area contributed by atoms with Gasteiger partial charge in [0.05, 0.1) is 10.6 Å². The fraction of sp³-hybridized carbons (Fsp3) is 0.417. The zero-order valence-corrected chi connectivity index (χ0v) is 11.9. The molecule has 3 N–H and O–H groups in total. The lowest BCUT2D eigenvalue weighted by molar-refractivity contribution is -0.146. The second-order valence-electron chi connectivity index (χ2n) is 4.44. The molecule has 1 amide bonds. The van der Waals surface area contributed by atoms with Gasteiger partial charge in [0.15, 0.2) is 6.10 Å². The van der Waals surface area contributed by atoms with Crippen LogP contribution < -0.4 is 5.32 Å². The van der Waals surface area contributed by atoms with Gasteiger partial charge in [-0.25, -0.2) is 4.79 Å². The number of nitrogens with zero attached hydrogens (tertiary/aromatic N) is 2. The van der Waals surface area contributed by atoms with Crippen molar-refractivity contribution in [3.8, 4) is 0 Å². The van der Waals surface area contributed by atoms with Crippen molar-refractivity contribution >= 4 is 33.4 Å². The Morgan fingerprint density at radius 1 is 1.55 bits per heavy atom. The normalized spacial score (nSPS) is 12.6. The van der Waals surface area contributed by atoms with Crippen LogP contribution >= 0.6 is 11.3 Å². The summed E-state index contributed by atoms with van der Waals surface area (Å²) in [4.78, 5) is 23.8. The molecule has 7 nitrogen and oxygen atoms in total. The predicted molar refractivity (Wildman–Crippen MR) is 73.9 cm³/mol. The molecule has 0 aliphatic rings. The van der Waals surface area contributed by atoms with E-state index in [-0.39, 0.29) is 18.9 Å². The molecule has 1 atom stereocenters. The third kappa shape index (κ3) is 2.81. The number of thiophene rings is 1. The van der Waals surface area contributed by atoms with E-state index in [1.54, 1.807) is 10.7 Å². The highest BCUT2D eigenvalue weighted by molar-refractivity contribution is 7.20. The molecule has 0 aromatic carbocycles. The number of aliphatic hydroxyl groups is 1. The maximum atomic E-state index is 11.9. The van der Waals surface area contributed by atoms with Gasteiger partial charge in [-0.15, -0.1) is 11.3 Å². The highest BCUT2D eigenvalue weighted by Crippen LogP contribution is 2.27. The number of carboxylic acids is 1. The zero-order valence-electron chi connectivity index (χ0n) is 11.1. The lowest BCUT2D eigenvalue weighted by Gasteiger charge is -2.06. The molecule has 8 heteroatoms. The molecule has 2 rings (SSSR count). The molecule has 2 aromatic rings. The highest BCUT2D eigenvalue weighted by Gasteiger charge is 2.16. The first-order chi connectivity index (χ1) is 9.40. The minimum Gasteiger partial charge on any atom is -0.479 e. The molecule has 2 heterocycles. The Labute approximate surface area is 118 Å². The number of rotatable bonds is 5. The van der Waals surface area contributed by atoms with E-state index in [4.69, 9.17) is 10.2 Å². The van der Waals surface area contributed by atoms with Crippen molar-refractivity contribution in [2.45, 2.75) is 19.4 Å². The van der Waals surface area contributed by atoms with Crippen molar-refractivity contribution in [1.29, 1.82) is 0 Å². The van der Waals surface area contributed by atoms with E-state index in [2.05, 4.69) is 10.4 Å². The van der Waals surface area contributed by atoms with Crippen LogP contribution in [-0.4, -0.2) is 44.5 Å². The number of aliphatic carboxylic acids is 1. The Hall–Kier alpha value is -1.93. The van der Waals surface area contributed by atoms with E-state index in [9.17, 15) is 9.59 Å². The number of aryl methyl sites for hydroxylation is 2. The molecule has 1 unspecified atom stereocenters. The summed E-state index contributed by atoms with van der Waals surface area (Å²) in [7, 11) is 1.82. The lowest BCUT2D eigenvalue weighted by Crippen LogP contribution is -2.29. The quantitative estimate of drug-likeness (QED) is 0.746. The number of carbonyl (C=O) groups excluding carboxylic acids is 1. The summed E-state index contributed by atoms with van der Waals surface area (Å²) in [6.07, 6.45) is -1.48. The van der Waals surface area contributed by atoms with Crippen molar-refractivity contribution in [1.82, 2.24) is 15.1 Å². The van der Waals surface area contributed by atoms with E-state index in [1.807, 2.05) is 14.0 Å². The first kappa shape index (κ1) is 14.5. The first-order valence-corrected chi connectivity index (χ1v) is 6.84. The van der Waals surface area contributed by atoms with Crippen LogP contribution in [-0.2, 0) is 11.8 Å². The van der Waals surface area contributed by atoms with Gasteiger partial charge in [0.2, 0.25) is 0 Å². The van der Waals surface area contributed by atoms with Gasteiger partial charge >= 0.3 is 5.97 Å². The van der Waals surface area contributed by atoms with Gasteiger partial charge in [0, 0.05) is 25.4 Å². The largest absolute Gasteiger partial charge is 0.479 e. The van der Waals surface area contributed by atoms with Gasteiger partial charge < -0.3 is 15.5 Å². The second-order valence-corrected chi connectivity index (χ2v) is 5.47. The molecule has 0 radical (unpaired) electrons. The predicted octanol–water partition coefficient (Wildman–Crippen LogP) is 0.509. The van der Waals surface area contributed by atoms with Crippen molar-refractivity contribution < 1.29 is 19.8 Å². The summed E-state index contributed by atoms with van der Waals surface area (Å²) in [6.45, 7) is 1.98. The molecule has 0 saturated heterocycles. The minimum absolute atomic E-state index is 0.0213. The Balaban J connectivity index is 2.01. The monoisotopic (exact) mass is 297 g/mol. The van der Waals surface area contributed by atoms with Gasteiger partial charge in [0.25, 0.3) is 5.91 Å². The number of aliphatic hydroxyl groups excluding tert-OH is 1. The van der Waals surface area contributed by atoms with Crippen molar-refractivity contribution in [2.75, 3.05) is 6.54 Å². The molecular weight excluding hydrogens is 282 g/mol. The van der Waals surface area contributed by atoms with Gasteiger partial charge in [-0.05, 0) is 13.0 Å². The van der Waals surface area contributed by atoms with Crippen LogP contribution in [0.1, 0.15) is 21.8 Å². The summed E-state index contributed by atoms with van der Waals surface area (Å²) in [5.41, 5.74) is 0.860. The fourth-order valence-electron chi connectivity index (χ4n) is 1.85. The van der Waals surface area contributed by atoms with E-state index in [1.165, 1.54) is 11.3 Å². The van der Waals surface area contributed by atoms with E-state index in [0.717, 1.165) is 15.9 Å². The molecule has 20 heavy (non-hydrogen) atoms. The number of fused-ring (bicyclic) bond motifs is 1. The fourth-order valence-corrected chi connectivity index (χ4v) is 2.89. The molecule has 0 aliphatic carbocycles. The highest BCUT2D eigenvalue weighted by atomic mass is 32.1. The zero-order chi connectivity index (χ0) is 14.9. The third-order valence-electron chi connectivity index (χ3n) is 2.91. The number of hydrogen-bond donors (Lipinski definition) is 3. The van der Waals surface area contributed by atoms with Crippen LogP contribution in [0.15, 0.2) is 6.07 Å². The Morgan fingerprint density at radius 3 is 2.85 bits per heavy atom. The van der Waals surface area contributed by atoms with Crippen molar-refractivity contribution in [3.63, 3.8) is 0 Å². The van der Waals surface area contributed by atoms with Crippen molar-refractivity contribution in [3.05, 3.63) is 16.6 Å². The number of hydrogen-bond acceptors (Lipinski definition) is 5. The van der Waals surface area contributed by atoms with Gasteiger partial charge in [-0.2, -0.15) is 5.10 Å². The van der Waals surface area contributed by atoms with Crippen LogP contribution in [0.2, 0.25) is 0 Å². The summed E-state index contributed by atoms with van der Waals surface area (Å²) in [5, 5.41) is 25.4. The maximum Gasteiger partial charge on any atom is 0.332 e. The number of amides is 1. The second kappa shape index (κ2) is 5.59. The van der Waals surface area contributed by atoms with Gasteiger partial charge in [-0.3, -0.25) is 9.48 Å².